The Morgan fingerprint density at radius 1 is 1.69 bits per heavy atom. The molecule has 0 N–H and O–H groups in total. The molecule has 1 nitrogen and oxygen atoms in total. The van der Waals surface area contributed by atoms with Crippen molar-refractivity contribution in [1.29, 1.82) is 0 Å². The van der Waals surface area contributed by atoms with Crippen molar-refractivity contribution in [2.75, 3.05) is 0 Å². The minimum absolute atomic E-state index is 0.765. The van der Waals surface area contributed by atoms with Gasteiger partial charge in [0.1, 0.15) is 0 Å². The first-order valence-corrected chi connectivity index (χ1v) is 6.34. The molecule has 0 saturated heterocycles. The van der Waals surface area contributed by atoms with Gasteiger partial charge in [0.25, 0.3) is 0 Å². The van der Waals surface area contributed by atoms with E-state index in [1.165, 1.54) is 16.9 Å². The number of hydrogen-bond acceptors (Lipinski definition) is 2. The summed E-state index contributed by atoms with van der Waals surface area (Å²) >= 11 is 4.83. The van der Waals surface area contributed by atoms with Crippen LogP contribution in [0.3, 0.4) is 0 Å². The quantitative estimate of drug-likeness (QED) is 0.467. The largest absolute Gasteiger partial charge is 0.297 e. The molecule has 0 spiro atoms. The molecule has 1 heterocycles. The standard InChI is InChI=1S/C13H11BrOS/c1-3-4-12(14)6-10(2)5-11-7-13(8-15)16-9-11/h1,4,6-9H,5H2,2H3/b10-6+,12-4+. The Labute approximate surface area is 108 Å². The summed E-state index contributed by atoms with van der Waals surface area (Å²) in [4.78, 5) is 11.3. The van der Waals surface area contributed by atoms with Crippen molar-refractivity contribution >= 4 is 33.6 Å². The van der Waals surface area contributed by atoms with Crippen LogP contribution in [-0.2, 0) is 6.42 Å². The zero-order valence-electron chi connectivity index (χ0n) is 8.87. The maximum atomic E-state index is 10.5. The Kier molecular flexibility index (Phi) is 5.24. The second-order valence-electron chi connectivity index (χ2n) is 3.34. The number of thiophene rings is 1. The van der Waals surface area contributed by atoms with E-state index in [4.69, 9.17) is 6.42 Å². The number of carbonyl (C=O) groups is 1. The maximum Gasteiger partial charge on any atom is 0.160 e. The van der Waals surface area contributed by atoms with Gasteiger partial charge >= 0.3 is 0 Å². The van der Waals surface area contributed by atoms with E-state index in [9.17, 15) is 4.79 Å². The number of allylic oxidation sites excluding steroid dienone is 4. The van der Waals surface area contributed by atoms with Gasteiger partial charge in [-0.2, -0.15) is 0 Å². The third-order valence-corrected chi connectivity index (χ3v) is 3.24. The van der Waals surface area contributed by atoms with Crippen LogP contribution in [0.15, 0.2) is 33.7 Å². The average molecular weight is 295 g/mol. The lowest BCUT2D eigenvalue weighted by Crippen LogP contribution is -1.84. The van der Waals surface area contributed by atoms with Crippen LogP contribution in [-0.4, -0.2) is 6.29 Å². The number of halogens is 1. The van der Waals surface area contributed by atoms with E-state index in [0.29, 0.717) is 0 Å². The molecular weight excluding hydrogens is 284 g/mol. The van der Waals surface area contributed by atoms with Crippen molar-refractivity contribution in [2.24, 2.45) is 0 Å². The van der Waals surface area contributed by atoms with Gasteiger partial charge in [-0.1, -0.05) is 27.4 Å². The summed E-state index contributed by atoms with van der Waals surface area (Å²) in [6.07, 6.45) is 10.5. The van der Waals surface area contributed by atoms with Crippen LogP contribution >= 0.6 is 27.3 Å². The summed E-state index contributed by atoms with van der Waals surface area (Å²) < 4.78 is 0.887. The van der Waals surface area contributed by atoms with Crippen LogP contribution in [0, 0.1) is 12.3 Å². The highest BCUT2D eigenvalue weighted by atomic mass is 79.9. The molecular formula is C13H11BrOS. The van der Waals surface area contributed by atoms with Crippen molar-refractivity contribution in [3.8, 4) is 12.3 Å². The normalized spacial score (nSPS) is 12.3. The molecule has 3 heteroatoms. The van der Waals surface area contributed by atoms with E-state index in [0.717, 1.165) is 27.6 Å². The van der Waals surface area contributed by atoms with E-state index in [-0.39, 0.29) is 0 Å². The molecule has 0 bridgehead atoms. The van der Waals surface area contributed by atoms with Crippen LogP contribution in [0.25, 0.3) is 0 Å². The van der Waals surface area contributed by atoms with Crippen molar-refractivity contribution < 1.29 is 4.79 Å². The Balaban J connectivity index is 2.71. The molecule has 0 unspecified atom stereocenters. The van der Waals surface area contributed by atoms with Gasteiger partial charge in [-0.15, -0.1) is 17.8 Å². The van der Waals surface area contributed by atoms with Crippen molar-refractivity contribution in [2.45, 2.75) is 13.3 Å². The van der Waals surface area contributed by atoms with Crippen LogP contribution in [0.2, 0.25) is 0 Å². The van der Waals surface area contributed by atoms with Gasteiger partial charge < -0.3 is 0 Å². The summed E-state index contributed by atoms with van der Waals surface area (Å²) in [6.45, 7) is 2.03. The smallest absolute Gasteiger partial charge is 0.160 e. The van der Waals surface area contributed by atoms with Crippen LogP contribution in [0.1, 0.15) is 22.2 Å². The second-order valence-corrected chi connectivity index (χ2v) is 5.20. The Bertz CT molecular complexity index is 474. The zero-order valence-corrected chi connectivity index (χ0v) is 11.3. The van der Waals surface area contributed by atoms with Gasteiger partial charge in [-0.25, -0.2) is 0 Å². The zero-order chi connectivity index (χ0) is 12.0. The topological polar surface area (TPSA) is 17.1 Å². The Morgan fingerprint density at radius 3 is 3.00 bits per heavy atom. The van der Waals surface area contributed by atoms with Gasteiger partial charge in [0.15, 0.2) is 6.29 Å². The first kappa shape index (κ1) is 13.0. The summed E-state index contributed by atoms with van der Waals surface area (Å²) in [7, 11) is 0. The molecule has 0 aliphatic heterocycles. The molecule has 0 aliphatic rings. The highest BCUT2D eigenvalue weighted by Crippen LogP contribution is 2.18. The molecule has 16 heavy (non-hydrogen) atoms. The van der Waals surface area contributed by atoms with Crippen molar-refractivity contribution in [3.05, 3.63) is 44.1 Å². The molecule has 0 atom stereocenters. The van der Waals surface area contributed by atoms with E-state index < -0.39 is 0 Å². The van der Waals surface area contributed by atoms with Crippen molar-refractivity contribution in [1.82, 2.24) is 0 Å². The highest BCUT2D eigenvalue weighted by molar-refractivity contribution is 9.11. The fraction of sp³-hybridized carbons (Fsp3) is 0.154. The average Bonchev–Trinajstić information content (AvgIpc) is 2.65. The molecule has 0 fully saturated rings. The van der Waals surface area contributed by atoms with Gasteiger partial charge in [0, 0.05) is 10.6 Å². The fourth-order valence-corrected chi connectivity index (χ4v) is 2.52. The lowest BCUT2D eigenvalue weighted by molar-refractivity contribution is 0.112. The lowest BCUT2D eigenvalue weighted by atomic mass is 10.1. The predicted molar refractivity (Wildman–Crippen MR) is 73.0 cm³/mol. The minimum Gasteiger partial charge on any atom is -0.297 e. The van der Waals surface area contributed by atoms with Crippen LogP contribution in [0.5, 0.6) is 0 Å². The Morgan fingerprint density at radius 2 is 2.44 bits per heavy atom. The number of carbonyl (C=O) groups excluding carboxylic acids is 1. The number of aldehydes is 1. The van der Waals surface area contributed by atoms with E-state index >= 15 is 0 Å². The summed E-state index contributed by atoms with van der Waals surface area (Å²) in [5, 5.41) is 2.00. The summed E-state index contributed by atoms with van der Waals surface area (Å²) in [5.74, 6) is 2.45. The van der Waals surface area contributed by atoms with Gasteiger partial charge in [0.05, 0.1) is 4.88 Å². The third-order valence-electron chi connectivity index (χ3n) is 1.88. The molecule has 0 aromatic carbocycles. The van der Waals surface area contributed by atoms with E-state index in [2.05, 4.69) is 21.9 Å². The summed E-state index contributed by atoms with van der Waals surface area (Å²) in [5.41, 5.74) is 2.34. The van der Waals surface area contributed by atoms with Crippen LogP contribution < -0.4 is 0 Å². The fourth-order valence-electron chi connectivity index (χ4n) is 1.28. The van der Waals surface area contributed by atoms with Gasteiger partial charge in [-0.3, -0.25) is 4.79 Å². The monoisotopic (exact) mass is 294 g/mol. The number of rotatable bonds is 4. The van der Waals surface area contributed by atoms with Gasteiger partial charge in [-0.05, 0) is 36.4 Å². The summed E-state index contributed by atoms with van der Waals surface area (Å²) in [6, 6.07) is 1.91. The maximum absolute atomic E-state index is 10.5. The molecule has 0 amide bonds. The predicted octanol–water partition coefficient (Wildman–Crippen LogP) is 3.96. The molecule has 1 rings (SSSR count). The second kappa shape index (κ2) is 6.47. The molecule has 0 saturated carbocycles. The van der Waals surface area contributed by atoms with E-state index in [1.807, 2.05) is 24.4 Å². The van der Waals surface area contributed by atoms with Crippen molar-refractivity contribution in [3.63, 3.8) is 0 Å². The first-order valence-electron chi connectivity index (χ1n) is 4.67. The van der Waals surface area contributed by atoms with E-state index in [1.54, 1.807) is 6.08 Å². The molecule has 0 radical (unpaired) electrons. The Hall–Kier alpha value is -1.11. The molecule has 0 aliphatic carbocycles. The van der Waals surface area contributed by atoms with Gasteiger partial charge in [0.2, 0.25) is 0 Å². The lowest BCUT2D eigenvalue weighted by Gasteiger charge is -1.97. The number of hydrogen-bond donors (Lipinski definition) is 0. The molecule has 1 aromatic rings. The minimum atomic E-state index is 0.765. The highest BCUT2D eigenvalue weighted by Gasteiger charge is 2.00. The first-order chi connectivity index (χ1) is 7.65. The number of terminal acetylenes is 1. The SMILES string of the molecule is C#C/C=C(Br)\C=C(/C)Cc1csc(C=O)c1. The molecule has 82 valence electrons. The molecule has 1 aromatic heterocycles. The van der Waals surface area contributed by atoms with Crippen LogP contribution in [0.4, 0.5) is 0 Å². The third kappa shape index (κ3) is 4.18.